The van der Waals surface area contributed by atoms with Crippen LogP contribution < -0.4 is 9.47 Å². The van der Waals surface area contributed by atoms with E-state index >= 15 is 0 Å². The van der Waals surface area contributed by atoms with Gasteiger partial charge in [0.05, 0.1) is 13.2 Å². The highest BCUT2D eigenvalue weighted by Gasteiger charge is 2.54. The Morgan fingerprint density at radius 2 is 1.03 bits per heavy atom. The summed E-state index contributed by atoms with van der Waals surface area (Å²) in [6, 6.07) is 4.53. The Bertz CT molecular complexity index is 844. The summed E-state index contributed by atoms with van der Waals surface area (Å²) in [6.07, 6.45) is 14.7. The van der Waals surface area contributed by atoms with E-state index in [1.54, 1.807) is 0 Å². The second-order valence-corrected chi connectivity index (χ2v) is 13.9. The molecule has 6 fully saturated rings. The summed E-state index contributed by atoms with van der Waals surface area (Å²) in [4.78, 5) is 0. The van der Waals surface area contributed by atoms with Crippen molar-refractivity contribution in [1.29, 1.82) is 0 Å². The lowest BCUT2D eigenvalue weighted by Gasteiger charge is -2.32. The zero-order valence-corrected chi connectivity index (χ0v) is 23.6. The van der Waals surface area contributed by atoms with Gasteiger partial charge in [-0.05, 0) is 123 Å². The quantitative estimate of drug-likeness (QED) is 0.283. The molecule has 34 heavy (non-hydrogen) atoms. The summed E-state index contributed by atoms with van der Waals surface area (Å²) >= 11 is 7.48. The monoisotopic (exact) mass is 590 g/mol. The molecule has 0 aromatic heterocycles. The van der Waals surface area contributed by atoms with Gasteiger partial charge in [-0.3, -0.25) is 0 Å². The van der Waals surface area contributed by atoms with E-state index in [1.807, 2.05) is 0 Å². The van der Waals surface area contributed by atoms with Crippen LogP contribution in [0.2, 0.25) is 0 Å². The third kappa shape index (κ3) is 3.74. The topological polar surface area (TPSA) is 18.5 Å². The second kappa shape index (κ2) is 9.26. The molecule has 0 aliphatic heterocycles. The summed E-state index contributed by atoms with van der Waals surface area (Å²) in [5.74, 6) is 11.7. The Balaban J connectivity index is 1.01. The molecule has 4 heteroatoms. The predicted molar refractivity (Wildman–Crippen MR) is 144 cm³/mol. The van der Waals surface area contributed by atoms with Crippen molar-refractivity contribution in [3.8, 4) is 11.5 Å². The molecule has 1 aromatic carbocycles. The van der Waals surface area contributed by atoms with Crippen LogP contribution in [0.5, 0.6) is 11.5 Å². The van der Waals surface area contributed by atoms with Gasteiger partial charge in [0.2, 0.25) is 0 Å². The van der Waals surface area contributed by atoms with Gasteiger partial charge in [-0.2, -0.15) is 0 Å². The molecule has 0 amide bonds. The van der Waals surface area contributed by atoms with Crippen LogP contribution >= 0.6 is 31.9 Å². The lowest BCUT2D eigenvalue weighted by Crippen LogP contribution is -2.28. The van der Waals surface area contributed by atoms with Crippen LogP contribution in [-0.4, -0.2) is 13.2 Å². The van der Waals surface area contributed by atoms with Crippen molar-refractivity contribution >= 4 is 31.9 Å². The molecule has 10 unspecified atom stereocenters. The summed E-state index contributed by atoms with van der Waals surface area (Å²) in [6.45, 7) is 1.81. The smallest absolute Gasteiger partial charge is 0.123 e. The maximum absolute atomic E-state index is 6.57. The van der Waals surface area contributed by atoms with Crippen LogP contribution in [0.3, 0.4) is 0 Å². The summed E-state index contributed by atoms with van der Waals surface area (Å²) in [7, 11) is 0. The number of halogens is 2. The number of hydrogen-bond acceptors (Lipinski definition) is 2. The van der Waals surface area contributed by atoms with Gasteiger partial charge in [-0.15, -0.1) is 0 Å². The molecular formula is C30H40Br2O2. The van der Waals surface area contributed by atoms with E-state index in [1.165, 1.54) is 75.3 Å². The first-order valence-corrected chi connectivity index (χ1v) is 16.5. The molecule has 1 aromatic rings. The van der Waals surface area contributed by atoms with Gasteiger partial charge >= 0.3 is 0 Å². The molecule has 6 aliphatic carbocycles. The summed E-state index contributed by atoms with van der Waals surface area (Å²) in [5, 5.41) is 1.64. The third-order valence-electron chi connectivity index (χ3n) is 11.6. The highest BCUT2D eigenvalue weighted by atomic mass is 79.9. The zero-order valence-electron chi connectivity index (χ0n) is 20.4. The van der Waals surface area contributed by atoms with Crippen molar-refractivity contribution in [2.24, 2.45) is 59.2 Å². The first-order chi connectivity index (χ1) is 16.7. The van der Waals surface area contributed by atoms with Gasteiger partial charge in [-0.1, -0.05) is 44.7 Å². The Morgan fingerprint density at radius 1 is 0.588 bits per heavy atom. The highest BCUT2D eigenvalue weighted by Crippen LogP contribution is 2.62. The lowest BCUT2D eigenvalue weighted by atomic mass is 9.76. The van der Waals surface area contributed by atoms with Gasteiger partial charge in [0.25, 0.3) is 0 Å². The van der Waals surface area contributed by atoms with Crippen LogP contribution in [0.15, 0.2) is 12.1 Å². The van der Waals surface area contributed by atoms with E-state index in [9.17, 15) is 0 Å². The molecule has 6 aliphatic rings. The van der Waals surface area contributed by atoms with Gasteiger partial charge < -0.3 is 9.47 Å². The SMILES string of the molecule is BrCc1cc(OCC2CC3CC2C2CCCC32)c(CBr)cc1OCC1CC2CC1C1CCCC21. The number of ether oxygens (including phenoxy) is 2. The Kier molecular flexibility index (Phi) is 6.25. The molecule has 2 nitrogen and oxygen atoms in total. The first-order valence-electron chi connectivity index (χ1n) is 14.3. The molecule has 186 valence electrons. The van der Waals surface area contributed by atoms with Gasteiger partial charge in [0, 0.05) is 21.8 Å². The number of alkyl halides is 2. The molecule has 6 saturated carbocycles. The van der Waals surface area contributed by atoms with E-state index in [-0.39, 0.29) is 0 Å². The van der Waals surface area contributed by atoms with Crippen molar-refractivity contribution < 1.29 is 9.47 Å². The minimum absolute atomic E-state index is 0.771. The molecule has 7 rings (SSSR count). The van der Waals surface area contributed by atoms with Gasteiger partial charge in [0.1, 0.15) is 11.5 Å². The third-order valence-corrected chi connectivity index (χ3v) is 12.8. The van der Waals surface area contributed by atoms with Crippen molar-refractivity contribution in [3.05, 3.63) is 23.3 Å². The van der Waals surface area contributed by atoms with Crippen molar-refractivity contribution in [1.82, 2.24) is 0 Å². The fourth-order valence-electron chi connectivity index (χ4n) is 10.3. The number of rotatable bonds is 8. The molecule has 0 heterocycles. The van der Waals surface area contributed by atoms with Crippen LogP contribution in [-0.2, 0) is 10.7 Å². The first kappa shape index (κ1) is 22.9. The second-order valence-electron chi connectivity index (χ2n) is 12.8. The van der Waals surface area contributed by atoms with E-state index < -0.39 is 0 Å². The standard InChI is InChI=1S/C30H40Br2O2/c31-13-19-12-30(34-16-22-8-18-10-28(22)26-6-2-4-24(18)26)20(14-32)11-29(19)33-15-21-7-17-9-27(21)25-5-1-3-23(17)25/h11-12,17-18,21-28H,1-10,13-16H2. The molecular weight excluding hydrogens is 552 g/mol. The minimum atomic E-state index is 0.771. The zero-order chi connectivity index (χ0) is 22.8. The van der Waals surface area contributed by atoms with E-state index in [0.717, 1.165) is 94.6 Å². The van der Waals surface area contributed by atoms with E-state index in [2.05, 4.69) is 44.0 Å². The van der Waals surface area contributed by atoms with Crippen LogP contribution in [0.1, 0.15) is 75.3 Å². The van der Waals surface area contributed by atoms with Crippen molar-refractivity contribution in [2.45, 2.75) is 74.9 Å². The Labute approximate surface area is 222 Å². The average molecular weight is 592 g/mol. The predicted octanol–water partition coefficient (Wildman–Crippen LogP) is 8.38. The van der Waals surface area contributed by atoms with E-state index in [0.29, 0.717) is 0 Å². The summed E-state index contributed by atoms with van der Waals surface area (Å²) < 4.78 is 13.1. The average Bonchev–Trinajstić information content (AvgIpc) is 3.67. The molecule has 4 bridgehead atoms. The van der Waals surface area contributed by atoms with Crippen LogP contribution in [0.25, 0.3) is 0 Å². The van der Waals surface area contributed by atoms with Crippen molar-refractivity contribution in [3.63, 3.8) is 0 Å². The fraction of sp³-hybridized carbons (Fsp3) is 0.800. The Morgan fingerprint density at radius 3 is 1.47 bits per heavy atom. The highest BCUT2D eigenvalue weighted by molar-refractivity contribution is 9.08. The van der Waals surface area contributed by atoms with E-state index in [4.69, 9.17) is 9.47 Å². The maximum atomic E-state index is 6.57. The molecule has 0 radical (unpaired) electrons. The van der Waals surface area contributed by atoms with Crippen molar-refractivity contribution in [2.75, 3.05) is 13.2 Å². The summed E-state index contributed by atoms with van der Waals surface area (Å²) in [5.41, 5.74) is 2.48. The van der Waals surface area contributed by atoms with Gasteiger partial charge in [0.15, 0.2) is 0 Å². The molecule has 0 saturated heterocycles. The minimum Gasteiger partial charge on any atom is -0.493 e. The fourth-order valence-corrected chi connectivity index (χ4v) is 11.2. The van der Waals surface area contributed by atoms with Crippen LogP contribution in [0, 0.1) is 59.2 Å². The molecule has 10 atom stereocenters. The number of hydrogen-bond donors (Lipinski definition) is 0. The number of benzene rings is 1. The van der Waals surface area contributed by atoms with Gasteiger partial charge in [-0.25, -0.2) is 0 Å². The molecule has 0 N–H and O–H groups in total. The maximum Gasteiger partial charge on any atom is 0.123 e. The lowest BCUT2D eigenvalue weighted by molar-refractivity contribution is 0.129. The molecule has 0 spiro atoms. The number of fused-ring (bicyclic) bond motifs is 10. The normalized spacial score (nSPS) is 43.5. The largest absolute Gasteiger partial charge is 0.493 e. The Hall–Kier alpha value is -0.220. The van der Waals surface area contributed by atoms with Crippen LogP contribution in [0.4, 0.5) is 0 Å².